The Morgan fingerprint density at radius 2 is 1.79 bits per heavy atom. The molecule has 1 amide bonds. The SMILES string of the molecule is CC1(C)OB(c2cnc(S(=O)(=O)C[C@@H]3CCCCN3C(=O)CCl)nc2)OC1(C)C. The number of carbonyl (C=O) groups is 1. The maximum atomic E-state index is 12.8. The van der Waals surface area contributed by atoms with Gasteiger partial charge in [-0.2, -0.15) is 0 Å². The summed E-state index contributed by atoms with van der Waals surface area (Å²) >= 11 is 5.67. The minimum Gasteiger partial charge on any atom is -0.399 e. The van der Waals surface area contributed by atoms with Crippen molar-refractivity contribution < 1.29 is 22.5 Å². The first-order valence-corrected chi connectivity index (χ1v) is 11.9. The van der Waals surface area contributed by atoms with Gasteiger partial charge in [-0.25, -0.2) is 18.4 Å². The van der Waals surface area contributed by atoms with Gasteiger partial charge in [-0.3, -0.25) is 4.79 Å². The number of rotatable bonds is 5. The molecule has 29 heavy (non-hydrogen) atoms. The smallest absolute Gasteiger partial charge is 0.399 e. The quantitative estimate of drug-likeness (QED) is 0.382. The monoisotopic (exact) mass is 443 g/mol. The molecule has 0 aromatic carbocycles. The highest BCUT2D eigenvalue weighted by Gasteiger charge is 2.52. The van der Waals surface area contributed by atoms with E-state index < -0.39 is 34.2 Å². The van der Waals surface area contributed by atoms with Crippen LogP contribution in [0.15, 0.2) is 17.6 Å². The lowest BCUT2D eigenvalue weighted by molar-refractivity contribution is -0.131. The van der Waals surface area contributed by atoms with E-state index in [2.05, 4.69) is 9.97 Å². The minimum absolute atomic E-state index is 0.157. The van der Waals surface area contributed by atoms with E-state index in [-0.39, 0.29) is 22.7 Å². The van der Waals surface area contributed by atoms with Crippen molar-refractivity contribution in [1.29, 1.82) is 0 Å². The topological polar surface area (TPSA) is 98.7 Å². The summed E-state index contributed by atoms with van der Waals surface area (Å²) in [6, 6.07) is -0.411. The van der Waals surface area contributed by atoms with E-state index in [1.165, 1.54) is 12.4 Å². The summed E-state index contributed by atoms with van der Waals surface area (Å²) in [6.07, 6.45) is 5.18. The molecule has 1 aromatic heterocycles. The van der Waals surface area contributed by atoms with Crippen LogP contribution in [0.5, 0.6) is 0 Å². The van der Waals surface area contributed by atoms with Crippen LogP contribution in [-0.2, 0) is 23.9 Å². The lowest BCUT2D eigenvalue weighted by Crippen LogP contribution is -2.47. The van der Waals surface area contributed by atoms with Crippen molar-refractivity contribution in [2.45, 2.75) is 69.4 Å². The molecular weight excluding hydrogens is 417 g/mol. The molecule has 2 aliphatic rings. The van der Waals surface area contributed by atoms with Crippen LogP contribution in [0, 0.1) is 0 Å². The van der Waals surface area contributed by atoms with E-state index in [1.54, 1.807) is 4.90 Å². The number of likely N-dealkylation sites (tertiary alicyclic amines) is 1. The van der Waals surface area contributed by atoms with Gasteiger partial charge >= 0.3 is 7.12 Å². The second-order valence-corrected chi connectivity index (χ2v) is 10.7. The third kappa shape index (κ3) is 4.60. The van der Waals surface area contributed by atoms with Crippen LogP contribution < -0.4 is 5.46 Å². The van der Waals surface area contributed by atoms with Gasteiger partial charge in [0.15, 0.2) is 0 Å². The number of aromatic nitrogens is 2. The maximum absolute atomic E-state index is 12.8. The Morgan fingerprint density at radius 3 is 2.34 bits per heavy atom. The molecule has 2 saturated heterocycles. The standard InChI is InChI=1S/C18H27BClN3O5S/c1-17(2)18(3,4)28-19(27-17)13-10-21-16(22-11-13)29(25,26)12-14-7-5-6-8-23(14)15(24)9-20/h10-11,14H,5-9,12H2,1-4H3/t14-/m0/s1. The summed E-state index contributed by atoms with van der Waals surface area (Å²) in [4.78, 5) is 21.7. The Morgan fingerprint density at radius 1 is 1.21 bits per heavy atom. The zero-order valence-electron chi connectivity index (χ0n) is 17.2. The Balaban J connectivity index is 1.74. The van der Waals surface area contributed by atoms with Gasteiger partial charge in [0, 0.05) is 30.4 Å². The van der Waals surface area contributed by atoms with Gasteiger partial charge in [0.25, 0.3) is 0 Å². The molecule has 0 unspecified atom stereocenters. The highest BCUT2D eigenvalue weighted by Crippen LogP contribution is 2.36. The molecule has 11 heteroatoms. The predicted molar refractivity (Wildman–Crippen MR) is 110 cm³/mol. The van der Waals surface area contributed by atoms with Crippen LogP contribution in [0.25, 0.3) is 0 Å². The molecule has 0 aliphatic carbocycles. The number of alkyl halides is 1. The molecule has 0 bridgehead atoms. The number of piperidine rings is 1. The van der Waals surface area contributed by atoms with E-state index >= 15 is 0 Å². The predicted octanol–water partition coefficient (Wildman–Crippen LogP) is 1.17. The van der Waals surface area contributed by atoms with E-state index in [4.69, 9.17) is 20.9 Å². The zero-order valence-corrected chi connectivity index (χ0v) is 18.8. The molecule has 3 heterocycles. The summed E-state index contributed by atoms with van der Waals surface area (Å²) in [5.41, 5.74) is -0.469. The van der Waals surface area contributed by atoms with Gasteiger partial charge in [0.2, 0.25) is 20.9 Å². The van der Waals surface area contributed by atoms with Crippen LogP contribution in [0.2, 0.25) is 0 Å². The second-order valence-electron chi connectivity index (χ2n) is 8.54. The average molecular weight is 444 g/mol. The number of amides is 1. The Labute approximate surface area is 177 Å². The third-order valence-corrected chi connectivity index (χ3v) is 7.74. The van der Waals surface area contributed by atoms with Crippen molar-refractivity contribution >= 4 is 39.9 Å². The van der Waals surface area contributed by atoms with Crippen LogP contribution in [0.1, 0.15) is 47.0 Å². The highest BCUT2D eigenvalue weighted by molar-refractivity contribution is 7.91. The number of halogens is 1. The Kier molecular flexibility index (Phi) is 6.30. The van der Waals surface area contributed by atoms with Gasteiger partial charge in [-0.05, 0) is 47.0 Å². The maximum Gasteiger partial charge on any atom is 0.498 e. The minimum atomic E-state index is -3.76. The summed E-state index contributed by atoms with van der Waals surface area (Å²) in [5, 5.41) is -0.262. The first kappa shape index (κ1) is 22.5. The number of carbonyl (C=O) groups excluding carboxylic acids is 1. The van der Waals surface area contributed by atoms with E-state index in [0.29, 0.717) is 18.4 Å². The molecule has 8 nitrogen and oxygen atoms in total. The summed E-state index contributed by atoms with van der Waals surface area (Å²) in [6.45, 7) is 8.26. The normalized spacial score (nSPS) is 24.0. The Hall–Kier alpha value is -1.23. The van der Waals surface area contributed by atoms with Crippen molar-refractivity contribution in [2.24, 2.45) is 0 Å². The molecule has 0 saturated carbocycles. The van der Waals surface area contributed by atoms with E-state index in [0.717, 1.165) is 12.8 Å². The number of hydrogen-bond donors (Lipinski definition) is 0. The second kappa shape index (κ2) is 8.13. The average Bonchev–Trinajstić information content (AvgIpc) is 2.89. The van der Waals surface area contributed by atoms with E-state index in [9.17, 15) is 13.2 Å². The van der Waals surface area contributed by atoms with Gasteiger partial charge in [0.1, 0.15) is 5.88 Å². The number of hydrogen-bond acceptors (Lipinski definition) is 7. The fourth-order valence-corrected chi connectivity index (χ4v) is 5.08. The van der Waals surface area contributed by atoms with Crippen LogP contribution in [-0.4, -0.2) is 71.7 Å². The molecule has 3 rings (SSSR count). The van der Waals surface area contributed by atoms with Crippen molar-refractivity contribution in [1.82, 2.24) is 14.9 Å². The lowest BCUT2D eigenvalue weighted by Gasteiger charge is -2.35. The van der Waals surface area contributed by atoms with Gasteiger partial charge in [-0.15, -0.1) is 11.6 Å². The number of sulfone groups is 1. The van der Waals surface area contributed by atoms with Crippen LogP contribution in [0.3, 0.4) is 0 Å². The van der Waals surface area contributed by atoms with Crippen LogP contribution in [0.4, 0.5) is 0 Å². The first-order valence-electron chi connectivity index (χ1n) is 9.72. The van der Waals surface area contributed by atoms with E-state index in [1.807, 2.05) is 27.7 Å². The van der Waals surface area contributed by atoms with Gasteiger partial charge < -0.3 is 14.2 Å². The Bertz CT molecular complexity index is 847. The molecule has 0 N–H and O–H groups in total. The van der Waals surface area contributed by atoms with Crippen molar-refractivity contribution in [3.63, 3.8) is 0 Å². The lowest BCUT2D eigenvalue weighted by atomic mass is 9.81. The molecule has 0 radical (unpaired) electrons. The summed E-state index contributed by atoms with van der Waals surface area (Å²) in [5.74, 6) is -0.620. The van der Waals surface area contributed by atoms with Crippen molar-refractivity contribution in [2.75, 3.05) is 18.2 Å². The molecule has 2 aliphatic heterocycles. The molecule has 0 spiro atoms. The molecule has 1 aromatic rings. The fraction of sp³-hybridized carbons (Fsp3) is 0.722. The molecule has 160 valence electrons. The summed E-state index contributed by atoms with van der Waals surface area (Å²) < 4.78 is 37.6. The number of nitrogens with zero attached hydrogens (tertiary/aromatic N) is 3. The summed E-state index contributed by atoms with van der Waals surface area (Å²) in [7, 11) is -4.42. The highest BCUT2D eigenvalue weighted by atomic mass is 35.5. The third-order valence-electron chi connectivity index (χ3n) is 5.93. The van der Waals surface area contributed by atoms with Gasteiger partial charge in [-0.1, -0.05) is 0 Å². The van der Waals surface area contributed by atoms with Crippen molar-refractivity contribution in [3.05, 3.63) is 12.4 Å². The largest absolute Gasteiger partial charge is 0.498 e. The zero-order chi connectivity index (χ0) is 21.4. The molecule has 1 atom stereocenters. The van der Waals surface area contributed by atoms with Crippen molar-refractivity contribution in [3.8, 4) is 0 Å². The molecular formula is C18H27BClN3O5S. The fourth-order valence-electron chi connectivity index (χ4n) is 3.49. The van der Waals surface area contributed by atoms with Gasteiger partial charge in [0.05, 0.1) is 17.0 Å². The molecule has 2 fully saturated rings. The first-order chi connectivity index (χ1) is 13.5. The van der Waals surface area contributed by atoms with Crippen LogP contribution >= 0.6 is 11.6 Å².